The van der Waals surface area contributed by atoms with E-state index >= 15 is 0 Å². The van der Waals surface area contributed by atoms with Gasteiger partial charge in [-0.15, -0.1) is 0 Å². The van der Waals surface area contributed by atoms with Gasteiger partial charge in [0.1, 0.15) is 6.10 Å². The molecule has 300 valence electrons. The Kier molecular flexibility index (Phi) is 18.4. The molecule has 0 radical (unpaired) electrons. The molecule has 0 aromatic carbocycles. The second kappa shape index (κ2) is 22.1. The van der Waals surface area contributed by atoms with Gasteiger partial charge in [-0.05, 0) is 149 Å². The van der Waals surface area contributed by atoms with E-state index < -0.39 is 0 Å². The maximum absolute atomic E-state index is 12.8. The molecule has 0 aromatic rings. The summed E-state index contributed by atoms with van der Waals surface area (Å²) < 4.78 is 5.93. The first kappa shape index (κ1) is 43.2. The number of hydrogen-bond acceptors (Lipinski definition) is 3. The van der Waals surface area contributed by atoms with Crippen molar-refractivity contribution in [2.45, 2.75) is 208 Å². The van der Waals surface area contributed by atoms with Gasteiger partial charge < -0.3 is 15.4 Å². The van der Waals surface area contributed by atoms with Crippen LogP contribution in [0.15, 0.2) is 12.2 Å². The standard InChI is InChI=1S/C47H84N2O3/c1-7-8-9-10-11-12-13-14-15-16-17-18-19-20-21-22-33-48-44(50)28-23-37(4)41-26-27-42-40-25-24-38-34-39(52-45(51)49-35-36(2)3)29-31-46(38,5)43(40)30-32-47(41,42)6/h14-15,36-43H,7-13,16-35H2,1-6H3,(H,48,50)(H,49,51)/b15-14-/t37-,38?,39-,40?,41-,42?,43?,46+,47-/m1/s1. The van der Waals surface area contributed by atoms with Crippen LogP contribution in [0.2, 0.25) is 0 Å². The van der Waals surface area contributed by atoms with Gasteiger partial charge in [0, 0.05) is 19.5 Å². The lowest BCUT2D eigenvalue weighted by molar-refractivity contribution is -0.130. The van der Waals surface area contributed by atoms with E-state index in [0.717, 1.165) is 55.9 Å². The van der Waals surface area contributed by atoms with Gasteiger partial charge in [-0.3, -0.25) is 4.79 Å². The quantitative estimate of drug-likeness (QED) is 0.0814. The van der Waals surface area contributed by atoms with Crippen molar-refractivity contribution in [3.63, 3.8) is 0 Å². The molecule has 4 unspecified atom stereocenters. The number of allylic oxidation sites excluding steroid dienone is 2. The Morgan fingerprint density at radius 3 is 2.06 bits per heavy atom. The van der Waals surface area contributed by atoms with E-state index in [-0.39, 0.29) is 18.1 Å². The molecule has 2 N–H and O–H groups in total. The number of amides is 2. The van der Waals surface area contributed by atoms with Crippen LogP contribution in [0.3, 0.4) is 0 Å². The average molecular weight is 725 g/mol. The van der Waals surface area contributed by atoms with Crippen LogP contribution in [0.1, 0.15) is 202 Å². The molecule has 0 aromatic heterocycles. The Labute approximate surface area is 321 Å². The number of hydrogen-bond donors (Lipinski definition) is 2. The lowest BCUT2D eigenvalue weighted by Crippen LogP contribution is -2.54. The van der Waals surface area contributed by atoms with Crippen molar-refractivity contribution in [2.75, 3.05) is 13.1 Å². The van der Waals surface area contributed by atoms with E-state index in [1.807, 2.05) is 0 Å². The fourth-order valence-electron chi connectivity index (χ4n) is 12.0. The van der Waals surface area contributed by atoms with Gasteiger partial charge in [0.25, 0.3) is 0 Å². The molecule has 0 saturated heterocycles. The average Bonchev–Trinajstić information content (AvgIpc) is 3.48. The summed E-state index contributed by atoms with van der Waals surface area (Å²) in [5, 5.41) is 6.22. The van der Waals surface area contributed by atoms with Crippen LogP contribution in [-0.4, -0.2) is 31.2 Å². The van der Waals surface area contributed by atoms with Crippen molar-refractivity contribution in [3.05, 3.63) is 12.2 Å². The predicted molar refractivity (Wildman–Crippen MR) is 219 cm³/mol. The minimum atomic E-state index is -0.221. The van der Waals surface area contributed by atoms with Crippen LogP contribution in [0.4, 0.5) is 4.79 Å². The minimum absolute atomic E-state index is 0.0801. The van der Waals surface area contributed by atoms with Crippen LogP contribution in [-0.2, 0) is 9.53 Å². The van der Waals surface area contributed by atoms with Crippen molar-refractivity contribution in [1.29, 1.82) is 0 Å². The summed E-state index contributed by atoms with van der Waals surface area (Å²) in [6.07, 6.45) is 36.3. The van der Waals surface area contributed by atoms with Crippen molar-refractivity contribution in [2.24, 2.45) is 52.3 Å². The van der Waals surface area contributed by atoms with E-state index in [1.54, 1.807) is 0 Å². The molecule has 4 rings (SSSR count). The molecule has 5 nitrogen and oxygen atoms in total. The zero-order valence-electron chi connectivity index (χ0n) is 35.1. The summed E-state index contributed by atoms with van der Waals surface area (Å²) >= 11 is 0. The number of nitrogens with one attached hydrogen (secondary N) is 2. The van der Waals surface area contributed by atoms with Crippen LogP contribution in [0, 0.1) is 52.3 Å². The van der Waals surface area contributed by atoms with Crippen LogP contribution >= 0.6 is 0 Å². The third-order valence-corrected chi connectivity index (χ3v) is 15.1. The van der Waals surface area contributed by atoms with Gasteiger partial charge in [-0.25, -0.2) is 4.79 Å². The van der Waals surface area contributed by atoms with Gasteiger partial charge in [0.05, 0.1) is 0 Å². The minimum Gasteiger partial charge on any atom is -0.446 e. The highest BCUT2D eigenvalue weighted by Gasteiger charge is 2.60. The zero-order valence-corrected chi connectivity index (χ0v) is 35.1. The fourth-order valence-corrected chi connectivity index (χ4v) is 12.0. The molecule has 0 bridgehead atoms. The second-order valence-corrected chi connectivity index (χ2v) is 19.3. The molecule has 9 atom stereocenters. The summed E-state index contributed by atoms with van der Waals surface area (Å²) in [6.45, 7) is 15.8. The first-order chi connectivity index (χ1) is 25.1. The molecule has 52 heavy (non-hydrogen) atoms. The number of fused-ring (bicyclic) bond motifs is 5. The van der Waals surface area contributed by atoms with Crippen molar-refractivity contribution < 1.29 is 14.3 Å². The molecule has 2 amide bonds. The van der Waals surface area contributed by atoms with Crippen LogP contribution in [0.5, 0.6) is 0 Å². The van der Waals surface area contributed by atoms with Crippen molar-refractivity contribution >= 4 is 12.0 Å². The molecule has 4 aliphatic carbocycles. The number of alkyl carbamates (subject to hydrolysis) is 1. The Morgan fingerprint density at radius 2 is 1.37 bits per heavy atom. The maximum atomic E-state index is 12.8. The van der Waals surface area contributed by atoms with Gasteiger partial charge >= 0.3 is 6.09 Å². The highest BCUT2D eigenvalue weighted by Crippen LogP contribution is 2.68. The molecular formula is C47H84N2O3. The normalized spacial score (nSPS) is 31.9. The van der Waals surface area contributed by atoms with E-state index in [2.05, 4.69) is 64.3 Å². The second-order valence-electron chi connectivity index (χ2n) is 19.3. The first-order valence-electron chi connectivity index (χ1n) is 22.9. The Hall–Kier alpha value is -1.52. The summed E-state index contributed by atoms with van der Waals surface area (Å²) in [5.74, 6) is 5.27. The number of unbranched alkanes of at least 4 members (excludes halogenated alkanes) is 12. The topological polar surface area (TPSA) is 67.4 Å². The van der Waals surface area contributed by atoms with Crippen molar-refractivity contribution in [3.8, 4) is 0 Å². The third-order valence-electron chi connectivity index (χ3n) is 15.1. The monoisotopic (exact) mass is 725 g/mol. The maximum Gasteiger partial charge on any atom is 0.407 e. The predicted octanol–water partition coefficient (Wildman–Crippen LogP) is 13.0. The van der Waals surface area contributed by atoms with E-state index in [9.17, 15) is 9.59 Å². The number of rotatable bonds is 23. The summed E-state index contributed by atoms with van der Waals surface area (Å²) in [6, 6.07) is 0. The van der Waals surface area contributed by atoms with Gasteiger partial charge in [0.2, 0.25) is 5.91 Å². The lowest BCUT2D eigenvalue weighted by Gasteiger charge is -2.61. The SMILES string of the molecule is CCCCCCCC/C=C\CCCCCCCCNC(=O)CC[C@@H](C)[C@H]1CCC2C3CCC4C[C@H](OC(=O)NCC(C)C)CC[C@]4(C)C3CC[C@@]21C. The third kappa shape index (κ3) is 12.5. The molecule has 5 heteroatoms. The fraction of sp³-hybridized carbons (Fsp3) is 0.915. The molecule has 4 fully saturated rings. The van der Waals surface area contributed by atoms with Gasteiger partial charge in [0.15, 0.2) is 0 Å². The summed E-state index contributed by atoms with van der Waals surface area (Å²) in [7, 11) is 0. The first-order valence-corrected chi connectivity index (χ1v) is 22.9. The highest BCUT2D eigenvalue weighted by atomic mass is 16.6. The summed E-state index contributed by atoms with van der Waals surface area (Å²) in [5.41, 5.74) is 0.823. The zero-order chi connectivity index (χ0) is 37.4. The lowest BCUT2D eigenvalue weighted by atomic mass is 9.44. The Bertz CT molecular complexity index is 1070. The molecule has 4 saturated carbocycles. The van der Waals surface area contributed by atoms with Crippen LogP contribution in [0.25, 0.3) is 0 Å². The smallest absolute Gasteiger partial charge is 0.407 e. The Balaban J connectivity index is 1.07. The van der Waals surface area contributed by atoms with E-state index in [4.69, 9.17) is 4.74 Å². The van der Waals surface area contributed by atoms with E-state index in [0.29, 0.717) is 41.5 Å². The van der Waals surface area contributed by atoms with Gasteiger partial charge in [-0.1, -0.05) is 111 Å². The molecule has 0 heterocycles. The highest BCUT2D eigenvalue weighted by molar-refractivity contribution is 5.75. The molecule has 4 aliphatic rings. The molecular weight excluding hydrogens is 641 g/mol. The van der Waals surface area contributed by atoms with Gasteiger partial charge in [-0.2, -0.15) is 0 Å². The largest absolute Gasteiger partial charge is 0.446 e. The Morgan fingerprint density at radius 1 is 0.731 bits per heavy atom. The van der Waals surface area contributed by atoms with Crippen LogP contribution < -0.4 is 10.6 Å². The number of carbonyl (C=O) groups excluding carboxylic acids is 2. The summed E-state index contributed by atoms with van der Waals surface area (Å²) in [4.78, 5) is 25.3. The number of ether oxygens (including phenoxy) is 1. The molecule has 0 spiro atoms. The number of carbonyl (C=O) groups is 2. The van der Waals surface area contributed by atoms with Crippen molar-refractivity contribution in [1.82, 2.24) is 10.6 Å². The van der Waals surface area contributed by atoms with E-state index in [1.165, 1.54) is 128 Å². The molecule has 0 aliphatic heterocycles.